The summed E-state index contributed by atoms with van der Waals surface area (Å²) in [7, 11) is 0. The van der Waals surface area contributed by atoms with Gasteiger partial charge in [0.05, 0.1) is 49.5 Å². The highest BCUT2D eigenvalue weighted by Gasteiger charge is 2.31. The first-order chi connectivity index (χ1) is 27.8. The van der Waals surface area contributed by atoms with Crippen molar-refractivity contribution in [3.8, 4) is 39.0 Å². The molecule has 2 unspecified atom stereocenters. The molecule has 0 aliphatic heterocycles. The molecular weight excluding hydrogens is 949 g/mol. The third-order valence-electron chi connectivity index (χ3n) is 8.33. The largest absolute Gasteiger partial charge is 0.485 e. The zero-order valence-corrected chi connectivity index (χ0v) is 36.3. The fraction of sp³-hybridized carbons (Fsp3) is 0.238. The van der Waals surface area contributed by atoms with E-state index >= 15 is 0 Å². The van der Waals surface area contributed by atoms with Crippen molar-refractivity contribution in [1.29, 1.82) is 10.5 Å². The SMILES string of the molecule is CCC(O)c1sc(-c2ccc(C(F)(F)F)cc2)nc1C.CCC(Oc1ccc(C#N)c(Br)c1)c1sc(-c2ccc(C(F)(F)F)cc2)nc1C.N#Cc1ccc(F)cc1Br. The van der Waals surface area contributed by atoms with Crippen molar-refractivity contribution >= 4 is 54.5 Å². The number of nitriles is 2. The summed E-state index contributed by atoms with van der Waals surface area (Å²) in [5.74, 6) is 0.275. The first kappa shape index (κ1) is 47.0. The normalized spacial score (nSPS) is 12.2. The molecule has 1 N–H and O–H groups in total. The summed E-state index contributed by atoms with van der Waals surface area (Å²) in [5.41, 5.74) is 2.36. The lowest BCUT2D eigenvalue weighted by molar-refractivity contribution is -0.138. The van der Waals surface area contributed by atoms with Gasteiger partial charge in [-0.3, -0.25) is 0 Å². The van der Waals surface area contributed by atoms with E-state index in [1.807, 2.05) is 26.8 Å². The molecule has 6 rings (SSSR count). The van der Waals surface area contributed by atoms with Crippen LogP contribution in [-0.4, -0.2) is 15.1 Å². The second-order valence-corrected chi connectivity index (χ2v) is 16.3. The minimum Gasteiger partial charge on any atom is -0.485 e. The fourth-order valence-corrected chi connectivity index (χ4v) is 8.40. The standard InChI is InChI=1S/C21H16BrF3N2OS.C14H14F3NOS.C7H3BrFN/c1-3-18(28-16-9-6-14(11-26)17(22)10-16)19-12(2)27-20(29-19)13-4-7-15(8-5-13)21(23,24)25;1-3-11(19)12-8(2)18-13(20-12)9-4-6-10(7-5-9)14(15,16)17;8-7-3-6(9)2-1-5(7)4-10/h4-10,18H,3H2,1-2H3;4-7,11,19H,3H2,1-2H3;1-3H. The predicted octanol–water partition coefficient (Wildman–Crippen LogP) is 14.3. The maximum Gasteiger partial charge on any atom is 0.416 e. The number of hydrogen-bond acceptors (Lipinski definition) is 8. The number of nitrogens with zero attached hydrogens (tertiary/aromatic N) is 4. The molecule has 17 heteroatoms. The third kappa shape index (κ3) is 12.7. The Morgan fingerprint density at radius 1 is 0.678 bits per heavy atom. The van der Waals surface area contributed by atoms with Gasteiger partial charge < -0.3 is 9.84 Å². The molecule has 0 radical (unpaired) electrons. The molecule has 0 saturated heterocycles. The lowest BCUT2D eigenvalue weighted by Gasteiger charge is -2.17. The van der Waals surface area contributed by atoms with Crippen molar-refractivity contribution in [3.05, 3.63) is 143 Å². The number of aromatic nitrogens is 2. The third-order valence-corrected chi connectivity index (χ3v) is 12.2. The molecule has 0 saturated carbocycles. The predicted molar refractivity (Wildman–Crippen MR) is 221 cm³/mol. The van der Waals surface area contributed by atoms with E-state index in [0.29, 0.717) is 59.8 Å². The Hall–Kier alpha value is -4.65. The molecule has 2 heterocycles. The number of benzene rings is 4. The van der Waals surface area contributed by atoms with Crippen molar-refractivity contribution in [2.75, 3.05) is 0 Å². The van der Waals surface area contributed by atoms with Crippen LogP contribution in [0.3, 0.4) is 0 Å². The number of halogens is 9. The molecule has 2 atom stereocenters. The van der Waals surface area contributed by atoms with Gasteiger partial charge in [-0.1, -0.05) is 38.1 Å². The van der Waals surface area contributed by atoms with Gasteiger partial charge in [-0.05, 0) is 119 Å². The number of ether oxygens (including phenoxy) is 1. The summed E-state index contributed by atoms with van der Waals surface area (Å²) in [4.78, 5) is 10.5. The summed E-state index contributed by atoms with van der Waals surface area (Å²) < 4.78 is 95.4. The van der Waals surface area contributed by atoms with Crippen LogP contribution in [0.25, 0.3) is 21.1 Å². The van der Waals surface area contributed by atoms with E-state index in [2.05, 4.69) is 47.9 Å². The molecule has 2 aromatic heterocycles. The van der Waals surface area contributed by atoms with E-state index in [0.717, 1.165) is 45.4 Å². The van der Waals surface area contributed by atoms with Crippen LogP contribution in [0.2, 0.25) is 0 Å². The monoisotopic (exact) mass is 980 g/mol. The molecule has 6 aromatic rings. The molecule has 0 bridgehead atoms. The topological polar surface area (TPSA) is 103 Å². The van der Waals surface area contributed by atoms with Crippen molar-refractivity contribution in [2.45, 2.75) is 65.1 Å². The first-order valence-corrected chi connectivity index (χ1v) is 20.7. The van der Waals surface area contributed by atoms with E-state index in [9.17, 15) is 35.8 Å². The van der Waals surface area contributed by atoms with Gasteiger partial charge in [0.15, 0.2) is 0 Å². The number of aliphatic hydroxyl groups is 1. The van der Waals surface area contributed by atoms with Crippen LogP contribution in [0.4, 0.5) is 30.7 Å². The number of aryl methyl sites for hydroxylation is 2. The number of rotatable bonds is 8. The summed E-state index contributed by atoms with van der Waals surface area (Å²) >= 11 is 9.12. The molecule has 6 nitrogen and oxygen atoms in total. The smallest absolute Gasteiger partial charge is 0.416 e. The summed E-state index contributed by atoms with van der Waals surface area (Å²) in [5, 5.41) is 28.6. The second kappa shape index (κ2) is 20.5. The minimum absolute atomic E-state index is 0.254. The molecule has 0 amide bonds. The van der Waals surface area contributed by atoms with Crippen LogP contribution in [0.1, 0.15) is 82.3 Å². The summed E-state index contributed by atoms with van der Waals surface area (Å²) in [6.45, 7) is 7.50. The van der Waals surface area contributed by atoms with Crippen molar-refractivity contribution < 1.29 is 40.6 Å². The molecular formula is C42H33Br2F7N4O2S2. The van der Waals surface area contributed by atoms with E-state index in [4.69, 9.17) is 15.3 Å². The van der Waals surface area contributed by atoms with Crippen LogP contribution >= 0.6 is 54.5 Å². The van der Waals surface area contributed by atoms with Gasteiger partial charge in [0, 0.05) is 20.1 Å². The lowest BCUT2D eigenvalue weighted by Crippen LogP contribution is -2.06. The van der Waals surface area contributed by atoms with E-state index in [1.165, 1.54) is 65.1 Å². The quantitative estimate of drug-likeness (QED) is 0.152. The van der Waals surface area contributed by atoms with Crippen molar-refractivity contribution in [1.82, 2.24) is 9.97 Å². The van der Waals surface area contributed by atoms with E-state index in [-0.39, 0.29) is 11.9 Å². The van der Waals surface area contributed by atoms with E-state index in [1.54, 1.807) is 25.1 Å². The highest BCUT2D eigenvalue weighted by atomic mass is 79.9. The van der Waals surface area contributed by atoms with E-state index < -0.39 is 29.6 Å². The Kier molecular flexibility index (Phi) is 16.4. The number of aliphatic hydroxyl groups excluding tert-OH is 1. The lowest BCUT2D eigenvalue weighted by atomic mass is 10.1. The zero-order chi connectivity index (χ0) is 43.7. The van der Waals surface area contributed by atoms with Crippen LogP contribution in [0.5, 0.6) is 5.75 Å². The highest BCUT2D eigenvalue weighted by Crippen LogP contribution is 2.38. The molecule has 0 aliphatic carbocycles. The molecule has 308 valence electrons. The van der Waals surface area contributed by atoms with Gasteiger partial charge in [-0.15, -0.1) is 22.7 Å². The van der Waals surface area contributed by atoms with Gasteiger partial charge in [0.25, 0.3) is 0 Å². The Bertz CT molecular complexity index is 2440. The van der Waals surface area contributed by atoms with Crippen LogP contribution in [0.15, 0.2) is 93.9 Å². The molecule has 0 fully saturated rings. The summed E-state index contributed by atoms with van der Waals surface area (Å²) in [6, 6.07) is 23.0. The molecule has 59 heavy (non-hydrogen) atoms. The molecule has 0 aliphatic rings. The second-order valence-electron chi connectivity index (χ2n) is 12.5. The van der Waals surface area contributed by atoms with Crippen LogP contribution < -0.4 is 4.74 Å². The number of thiazole rings is 2. The minimum atomic E-state index is -4.36. The van der Waals surface area contributed by atoms with Crippen LogP contribution in [0, 0.1) is 42.3 Å². The molecule has 4 aromatic carbocycles. The maximum absolute atomic E-state index is 12.8. The Balaban J connectivity index is 0.000000220. The van der Waals surface area contributed by atoms with Gasteiger partial charge in [0.2, 0.25) is 0 Å². The van der Waals surface area contributed by atoms with Crippen molar-refractivity contribution in [2.24, 2.45) is 0 Å². The van der Waals surface area contributed by atoms with Gasteiger partial charge in [0.1, 0.15) is 39.8 Å². The van der Waals surface area contributed by atoms with Gasteiger partial charge in [-0.2, -0.15) is 36.9 Å². The average molecular weight is 983 g/mol. The molecule has 0 spiro atoms. The maximum atomic E-state index is 12.8. The van der Waals surface area contributed by atoms with Crippen molar-refractivity contribution in [3.63, 3.8) is 0 Å². The number of hydrogen-bond donors (Lipinski definition) is 1. The fourth-order valence-electron chi connectivity index (χ4n) is 5.19. The van der Waals surface area contributed by atoms with Crippen LogP contribution in [-0.2, 0) is 12.4 Å². The highest BCUT2D eigenvalue weighted by molar-refractivity contribution is 9.10. The summed E-state index contributed by atoms with van der Waals surface area (Å²) in [6.07, 6.45) is -8.26. The van der Waals surface area contributed by atoms with Gasteiger partial charge in [-0.25, -0.2) is 14.4 Å². The Labute approximate surface area is 360 Å². The zero-order valence-electron chi connectivity index (χ0n) is 31.5. The number of alkyl halides is 6. The Morgan fingerprint density at radius 3 is 1.53 bits per heavy atom. The van der Waals surface area contributed by atoms with Gasteiger partial charge >= 0.3 is 12.4 Å². The average Bonchev–Trinajstić information content (AvgIpc) is 3.79. The first-order valence-electron chi connectivity index (χ1n) is 17.5. The Morgan fingerprint density at radius 2 is 1.12 bits per heavy atom.